The topological polar surface area (TPSA) is 119 Å². The highest BCUT2D eigenvalue weighted by molar-refractivity contribution is 7.99. The summed E-state index contributed by atoms with van der Waals surface area (Å²) >= 11 is 1.36. The highest BCUT2D eigenvalue weighted by Crippen LogP contribution is 2.39. The van der Waals surface area contributed by atoms with Crippen molar-refractivity contribution in [3.05, 3.63) is 35.8 Å². The Bertz CT molecular complexity index is 1140. The van der Waals surface area contributed by atoms with E-state index < -0.39 is 65.1 Å². The van der Waals surface area contributed by atoms with Crippen molar-refractivity contribution in [2.75, 3.05) is 12.4 Å². The van der Waals surface area contributed by atoms with Crippen LogP contribution in [0.15, 0.2) is 18.3 Å². The molecule has 2 aromatic rings. The average Bonchev–Trinajstić information content (AvgIpc) is 3.32. The minimum absolute atomic E-state index is 0.0239. The molecule has 1 aliphatic rings. The number of hydrogen-bond acceptors (Lipinski definition) is 10. The second kappa shape index (κ2) is 13.1. The van der Waals surface area contributed by atoms with Crippen molar-refractivity contribution >= 4 is 29.7 Å². The van der Waals surface area contributed by atoms with Crippen LogP contribution in [0.3, 0.4) is 0 Å². The van der Waals surface area contributed by atoms with Crippen molar-refractivity contribution in [3.8, 4) is 11.3 Å². The summed E-state index contributed by atoms with van der Waals surface area (Å²) in [7, 11) is 0. The second-order valence-electron chi connectivity index (χ2n) is 8.55. The first-order chi connectivity index (χ1) is 18.0. The number of hydrogen-bond donors (Lipinski definition) is 0. The van der Waals surface area contributed by atoms with Gasteiger partial charge in [-0.3, -0.25) is 14.4 Å². The number of carbonyl (C=O) groups excluding carboxylic acids is 3. The van der Waals surface area contributed by atoms with Crippen LogP contribution < -0.4 is 0 Å². The number of ether oxygens (including phenoxy) is 4. The van der Waals surface area contributed by atoms with E-state index in [-0.39, 0.29) is 17.9 Å². The van der Waals surface area contributed by atoms with Gasteiger partial charge < -0.3 is 18.9 Å². The summed E-state index contributed by atoms with van der Waals surface area (Å²) in [5.41, 5.74) is -0.904. The van der Waals surface area contributed by atoms with Crippen LogP contribution in [0.1, 0.15) is 46.6 Å². The summed E-state index contributed by atoms with van der Waals surface area (Å²) in [6.07, 6.45) is -0.178. The minimum atomic E-state index is -1.63. The molecule has 3 rings (SSSR count). The van der Waals surface area contributed by atoms with Gasteiger partial charge in [-0.05, 0) is 24.3 Å². The molecule has 0 bridgehead atoms. The van der Waals surface area contributed by atoms with Gasteiger partial charge in [0.15, 0.2) is 29.7 Å². The predicted octanol–water partition coefficient (Wildman–Crippen LogP) is 3.59. The Kier molecular flexibility index (Phi) is 10.1. The Balaban J connectivity index is 2.09. The van der Waals surface area contributed by atoms with Crippen LogP contribution in [-0.2, 0) is 33.3 Å². The van der Waals surface area contributed by atoms with E-state index in [9.17, 15) is 27.6 Å². The van der Waals surface area contributed by atoms with Gasteiger partial charge in [0.2, 0.25) is 0 Å². The molecule has 5 atom stereocenters. The second-order valence-corrected chi connectivity index (χ2v) is 9.75. The molecule has 38 heavy (non-hydrogen) atoms. The molecule has 0 amide bonds. The van der Waals surface area contributed by atoms with Crippen molar-refractivity contribution in [2.24, 2.45) is 0 Å². The maximum atomic E-state index is 13.9. The van der Waals surface area contributed by atoms with Crippen LogP contribution in [0.2, 0.25) is 0 Å². The lowest BCUT2D eigenvalue weighted by atomic mass is 9.96. The molecular formula is C24H28F3N3O7S. The fourth-order valence-corrected chi connectivity index (χ4v) is 5.24. The molecule has 14 heteroatoms. The zero-order valence-electron chi connectivity index (χ0n) is 21.2. The van der Waals surface area contributed by atoms with Crippen molar-refractivity contribution in [1.29, 1.82) is 0 Å². The third-order valence-electron chi connectivity index (χ3n) is 5.55. The molecule has 1 aromatic heterocycles. The standard InChI is InChI=1S/C24H28F3N3O7S/c1-5-6-7-38-24-23(36-14(4)33)21(22(35-13(3)32)19(37-24)11-34-12(2)31)30-10-18(28-29-30)15-8-16(25)20(27)17(26)9-15/h8-10,19,21-24H,5-7,11H2,1-4H3/t19?,21?,22-,23-,24+/m0/s1. The first-order valence-electron chi connectivity index (χ1n) is 11.8. The van der Waals surface area contributed by atoms with Crippen LogP contribution >= 0.6 is 11.8 Å². The van der Waals surface area contributed by atoms with E-state index >= 15 is 0 Å². The Morgan fingerprint density at radius 3 is 2.24 bits per heavy atom. The number of benzene rings is 1. The maximum absolute atomic E-state index is 13.9. The van der Waals surface area contributed by atoms with Gasteiger partial charge in [-0.15, -0.1) is 16.9 Å². The SMILES string of the molecule is CCCCS[C@H]1OC(COC(C)=O)[C@H](OC(C)=O)C(n2cc(-c3cc(F)c(F)c(F)c3)nn2)[C@@H]1OC(C)=O. The zero-order chi connectivity index (χ0) is 28.0. The minimum Gasteiger partial charge on any atom is -0.463 e. The lowest BCUT2D eigenvalue weighted by Gasteiger charge is -2.44. The first-order valence-corrected chi connectivity index (χ1v) is 12.9. The molecule has 2 unspecified atom stereocenters. The molecule has 0 radical (unpaired) electrons. The van der Waals surface area contributed by atoms with Crippen LogP contribution in [-0.4, -0.2) is 69.0 Å². The van der Waals surface area contributed by atoms with Gasteiger partial charge in [-0.1, -0.05) is 18.6 Å². The molecule has 0 saturated carbocycles. The van der Waals surface area contributed by atoms with E-state index in [0.29, 0.717) is 5.75 Å². The summed E-state index contributed by atoms with van der Waals surface area (Å²) < 4.78 is 64.8. The number of esters is 3. The number of thioether (sulfide) groups is 1. The van der Waals surface area contributed by atoms with Crippen molar-refractivity contribution in [3.63, 3.8) is 0 Å². The van der Waals surface area contributed by atoms with E-state index in [4.69, 9.17) is 18.9 Å². The summed E-state index contributed by atoms with van der Waals surface area (Å²) in [6.45, 7) is 5.30. The number of halogens is 3. The molecule has 10 nitrogen and oxygen atoms in total. The molecule has 2 heterocycles. The highest BCUT2D eigenvalue weighted by atomic mass is 32.2. The number of carbonyl (C=O) groups is 3. The van der Waals surface area contributed by atoms with E-state index in [1.54, 1.807) is 0 Å². The van der Waals surface area contributed by atoms with E-state index in [1.165, 1.54) is 43.4 Å². The van der Waals surface area contributed by atoms with Crippen LogP contribution in [0.25, 0.3) is 11.3 Å². The number of nitrogens with zero attached hydrogens (tertiary/aromatic N) is 3. The smallest absolute Gasteiger partial charge is 0.303 e. The third kappa shape index (κ3) is 7.25. The van der Waals surface area contributed by atoms with Gasteiger partial charge in [0, 0.05) is 26.3 Å². The highest BCUT2D eigenvalue weighted by Gasteiger charge is 2.51. The molecule has 0 N–H and O–H groups in total. The van der Waals surface area contributed by atoms with E-state index in [1.807, 2.05) is 6.92 Å². The van der Waals surface area contributed by atoms with E-state index in [2.05, 4.69) is 10.3 Å². The summed E-state index contributed by atoms with van der Waals surface area (Å²) in [4.78, 5) is 35.7. The summed E-state index contributed by atoms with van der Waals surface area (Å²) in [5.74, 6) is -5.75. The molecule has 1 fully saturated rings. The molecule has 0 spiro atoms. The van der Waals surface area contributed by atoms with Crippen LogP contribution in [0.4, 0.5) is 13.2 Å². The monoisotopic (exact) mass is 559 g/mol. The van der Waals surface area contributed by atoms with Crippen molar-refractivity contribution in [2.45, 2.75) is 70.3 Å². The zero-order valence-corrected chi connectivity index (χ0v) is 22.0. The molecule has 0 aliphatic carbocycles. The van der Waals surface area contributed by atoms with Gasteiger partial charge in [0.05, 0.1) is 6.20 Å². The van der Waals surface area contributed by atoms with Crippen molar-refractivity contribution < 1.29 is 46.5 Å². The van der Waals surface area contributed by atoms with Gasteiger partial charge >= 0.3 is 17.9 Å². The van der Waals surface area contributed by atoms with Gasteiger partial charge in [0.1, 0.15) is 29.9 Å². The maximum Gasteiger partial charge on any atom is 0.303 e. The number of rotatable bonds is 10. The molecule has 1 aromatic carbocycles. The fourth-order valence-electron chi connectivity index (χ4n) is 3.92. The Morgan fingerprint density at radius 1 is 1.03 bits per heavy atom. The van der Waals surface area contributed by atoms with Crippen LogP contribution in [0.5, 0.6) is 0 Å². The Hall–Kier alpha value is -3.13. The first kappa shape index (κ1) is 29.4. The van der Waals surface area contributed by atoms with Gasteiger partial charge in [-0.2, -0.15) is 0 Å². The summed E-state index contributed by atoms with van der Waals surface area (Å²) in [5, 5.41) is 7.99. The summed E-state index contributed by atoms with van der Waals surface area (Å²) in [6, 6.07) is 0.487. The largest absolute Gasteiger partial charge is 0.463 e. The average molecular weight is 560 g/mol. The Labute approximate surface area is 221 Å². The molecule has 1 aliphatic heterocycles. The molecule has 1 saturated heterocycles. The molecular weight excluding hydrogens is 531 g/mol. The Morgan fingerprint density at radius 2 is 1.66 bits per heavy atom. The molecule has 208 valence electrons. The lowest BCUT2D eigenvalue weighted by molar-refractivity contribution is -0.212. The number of unbranched alkanes of at least 4 members (excludes halogenated alkanes) is 1. The van der Waals surface area contributed by atoms with Gasteiger partial charge in [0.25, 0.3) is 0 Å². The number of aromatic nitrogens is 3. The van der Waals surface area contributed by atoms with E-state index in [0.717, 1.165) is 25.0 Å². The normalized spacial score (nSPS) is 23.1. The van der Waals surface area contributed by atoms with Crippen LogP contribution in [0, 0.1) is 17.5 Å². The lowest BCUT2D eigenvalue weighted by Crippen LogP contribution is -2.57. The van der Waals surface area contributed by atoms with Gasteiger partial charge in [-0.25, -0.2) is 17.9 Å². The fraction of sp³-hybridized carbons (Fsp3) is 0.542. The third-order valence-corrected chi connectivity index (χ3v) is 6.78. The van der Waals surface area contributed by atoms with Crippen molar-refractivity contribution in [1.82, 2.24) is 15.0 Å². The quantitative estimate of drug-likeness (QED) is 0.185. The predicted molar refractivity (Wildman–Crippen MR) is 128 cm³/mol.